The standard InChI is InChI=1S/C16H21FN2OS/c17-14-3-1-2-13(9-14)8-12-4-6-19(7-5-12)16(20)15-10-21-11-18-15/h1-3,9,12,15,18H,4-8,10-11H2. The van der Waals surface area contributed by atoms with Crippen molar-refractivity contribution in [3.63, 3.8) is 0 Å². The minimum Gasteiger partial charge on any atom is -0.341 e. The average molecular weight is 308 g/mol. The molecule has 1 atom stereocenters. The van der Waals surface area contributed by atoms with Crippen molar-refractivity contribution in [1.29, 1.82) is 0 Å². The van der Waals surface area contributed by atoms with Crippen LogP contribution in [0, 0.1) is 11.7 Å². The summed E-state index contributed by atoms with van der Waals surface area (Å²) in [5.74, 6) is 2.42. The molecule has 0 spiro atoms. The van der Waals surface area contributed by atoms with Gasteiger partial charge in [0.25, 0.3) is 0 Å². The largest absolute Gasteiger partial charge is 0.341 e. The number of halogens is 1. The molecule has 0 bridgehead atoms. The van der Waals surface area contributed by atoms with Crippen molar-refractivity contribution in [3.8, 4) is 0 Å². The van der Waals surface area contributed by atoms with E-state index in [0.717, 1.165) is 49.5 Å². The van der Waals surface area contributed by atoms with Crippen LogP contribution in [0.1, 0.15) is 18.4 Å². The summed E-state index contributed by atoms with van der Waals surface area (Å²) < 4.78 is 13.2. The Kier molecular flexibility index (Phi) is 4.80. The molecule has 1 aromatic carbocycles. The van der Waals surface area contributed by atoms with Gasteiger partial charge in [-0.05, 0) is 42.9 Å². The summed E-state index contributed by atoms with van der Waals surface area (Å²) in [5, 5.41) is 3.24. The molecule has 1 unspecified atom stereocenters. The Hall–Kier alpha value is -1.07. The number of thioether (sulfide) groups is 1. The number of benzene rings is 1. The third-order valence-electron chi connectivity index (χ3n) is 4.35. The van der Waals surface area contributed by atoms with E-state index in [1.165, 1.54) is 6.07 Å². The molecule has 114 valence electrons. The predicted molar refractivity (Wildman–Crippen MR) is 83.7 cm³/mol. The van der Waals surface area contributed by atoms with E-state index in [1.54, 1.807) is 23.9 Å². The maximum Gasteiger partial charge on any atom is 0.240 e. The zero-order chi connectivity index (χ0) is 14.7. The minimum absolute atomic E-state index is 0.00905. The van der Waals surface area contributed by atoms with Gasteiger partial charge in [0, 0.05) is 24.7 Å². The van der Waals surface area contributed by atoms with Gasteiger partial charge < -0.3 is 4.90 Å². The molecule has 0 aromatic heterocycles. The number of nitrogens with one attached hydrogen (secondary N) is 1. The molecule has 3 rings (SSSR count). The molecule has 1 N–H and O–H groups in total. The van der Waals surface area contributed by atoms with Crippen LogP contribution in [0.5, 0.6) is 0 Å². The Morgan fingerprint density at radius 3 is 2.86 bits per heavy atom. The van der Waals surface area contributed by atoms with Crippen molar-refractivity contribution in [2.24, 2.45) is 5.92 Å². The molecule has 0 aliphatic carbocycles. The highest BCUT2D eigenvalue weighted by Gasteiger charge is 2.30. The highest BCUT2D eigenvalue weighted by molar-refractivity contribution is 7.99. The van der Waals surface area contributed by atoms with Gasteiger partial charge in [0.05, 0.1) is 6.04 Å². The molecule has 2 saturated heterocycles. The van der Waals surface area contributed by atoms with Crippen LogP contribution in [0.2, 0.25) is 0 Å². The summed E-state index contributed by atoms with van der Waals surface area (Å²) in [6.07, 6.45) is 2.95. The third kappa shape index (κ3) is 3.77. The van der Waals surface area contributed by atoms with Gasteiger partial charge in [-0.2, -0.15) is 0 Å². The number of carbonyl (C=O) groups excluding carboxylic acids is 1. The van der Waals surface area contributed by atoms with E-state index >= 15 is 0 Å². The Bertz CT molecular complexity index is 497. The van der Waals surface area contributed by atoms with Crippen LogP contribution >= 0.6 is 11.8 Å². The molecule has 2 aliphatic rings. The maximum atomic E-state index is 13.2. The van der Waals surface area contributed by atoms with Gasteiger partial charge in [0.2, 0.25) is 5.91 Å². The molecule has 2 fully saturated rings. The van der Waals surface area contributed by atoms with E-state index in [2.05, 4.69) is 5.32 Å². The first kappa shape index (κ1) is 14.9. The SMILES string of the molecule is O=C(C1CSCN1)N1CCC(Cc2cccc(F)c2)CC1. The zero-order valence-electron chi connectivity index (χ0n) is 12.1. The molecular weight excluding hydrogens is 287 g/mol. The molecule has 21 heavy (non-hydrogen) atoms. The molecule has 1 aromatic rings. The lowest BCUT2D eigenvalue weighted by Crippen LogP contribution is -2.48. The third-order valence-corrected chi connectivity index (χ3v) is 5.29. The van der Waals surface area contributed by atoms with Crippen molar-refractivity contribution in [2.45, 2.75) is 25.3 Å². The molecule has 0 radical (unpaired) electrons. The monoisotopic (exact) mass is 308 g/mol. The highest BCUT2D eigenvalue weighted by atomic mass is 32.2. The quantitative estimate of drug-likeness (QED) is 0.930. The summed E-state index contributed by atoms with van der Waals surface area (Å²) in [6, 6.07) is 6.87. The van der Waals surface area contributed by atoms with Crippen molar-refractivity contribution >= 4 is 17.7 Å². The Labute approximate surface area is 129 Å². The number of nitrogens with zero attached hydrogens (tertiary/aromatic N) is 1. The summed E-state index contributed by atoms with van der Waals surface area (Å²) >= 11 is 1.78. The van der Waals surface area contributed by atoms with Gasteiger partial charge in [0.15, 0.2) is 0 Å². The number of amides is 1. The maximum absolute atomic E-state index is 13.2. The summed E-state index contributed by atoms with van der Waals surface area (Å²) in [4.78, 5) is 14.3. The molecule has 5 heteroatoms. The second-order valence-electron chi connectivity index (χ2n) is 5.87. The Morgan fingerprint density at radius 1 is 1.38 bits per heavy atom. The Morgan fingerprint density at radius 2 is 2.19 bits per heavy atom. The van der Waals surface area contributed by atoms with Gasteiger partial charge in [-0.25, -0.2) is 4.39 Å². The van der Waals surface area contributed by atoms with E-state index in [9.17, 15) is 9.18 Å². The van der Waals surface area contributed by atoms with E-state index < -0.39 is 0 Å². The van der Waals surface area contributed by atoms with Crippen LogP contribution in [0.4, 0.5) is 4.39 Å². The lowest BCUT2D eigenvalue weighted by atomic mass is 9.90. The molecular formula is C16H21FN2OS. The minimum atomic E-state index is -0.162. The summed E-state index contributed by atoms with van der Waals surface area (Å²) in [7, 11) is 0. The number of carbonyl (C=O) groups is 1. The first-order valence-electron chi connectivity index (χ1n) is 7.57. The smallest absolute Gasteiger partial charge is 0.240 e. The van der Waals surface area contributed by atoms with Gasteiger partial charge in [-0.3, -0.25) is 10.1 Å². The zero-order valence-corrected chi connectivity index (χ0v) is 12.9. The Balaban J connectivity index is 1.49. The lowest BCUT2D eigenvalue weighted by molar-refractivity contribution is -0.134. The van der Waals surface area contributed by atoms with E-state index in [1.807, 2.05) is 11.0 Å². The molecule has 0 saturated carbocycles. The number of hydrogen-bond donors (Lipinski definition) is 1. The highest BCUT2D eigenvalue weighted by Crippen LogP contribution is 2.23. The van der Waals surface area contributed by atoms with E-state index in [-0.39, 0.29) is 17.8 Å². The van der Waals surface area contributed by atoms with Crippen LogP contribution in [0.15, 0.2) is 24.3 Å². The summed E-state index contributed by atoms with van der Waals surface area (Å²) in [5.41, 5.74) is 1.06. The van der Waals surface area contributed by atoms with Crippen molar-refractivity contribution in [2.75, 3.05) is 24.7 Å². The average Bonchev–Trinajstić information content (AvgIpc) is 3.01. The fourth-order valence-electron chi connectivity index (χ4n) is 3.13. The first-order chi connectivity index (χ1) is 10.2. The van der Waals surface area contributed by atoms with E-state index in [4.69, 9.17) is 0 Å². The van der Waals surface area contributed by atoms with Crippen LogP contribution in [0.3, 0.4) is 0 Å². The van der Waals surface area contributed by atoms with Crippen LogP contribution < -0.4 is 5.32 Å². The van der Waals surface area contributed by atoms with Gasteiger partial charge in [0.1, 0.15) is 5.82 Å². The van der Waals surface area contributed by atoms with E-state index in [0.29, 0.717) is 5.92 Å². The van der Waals surface area contributed by atoms with Gasteiger partial charge in [-0.1, -0.05) is 12.1 Å². The summed E-state index contributed by atoms with van der Waals surface area (Å²) in [6.45, 7) is 1.67. The van der Waals surface area contributed by atoms with Gasteiger partial charge >= 0.3 is 0 Å². The van der Waals surface area contributed by atoms with Crippen molar-refractivity contribution < 1.29 is 9.18 Å². The fourth-order valence-corrected chi connectivity index (χ4v) is 4.06. The molecule has 2 heterocycles. The second-order valence-corrected chi connectivity index (χ2v) is 6.90. The van der Waals surface area contributed by atoms with Gasteiger partial charge in [-0.15, -0.1) is 11.8 Å². The number of likely N-dealkylation sites (tertiary alicyclic amines) is 1. The number of hydrogen-bond acceptors (Lipinski definition) is 3. The normalized spacial score (nSPS) is 23.5. The second kappa shape index (κ2) is 6.79. The van der Waals surface area contributed by atoms with Crippen LogP contribution in [0.25, 0.3) is 0 Å². The number of piperidine rings is 1. The lowest BCUT2D eigenvalue weighted by Gasteiger charge is -2.33. The van der Waals surface area contributed by atoms with Crippen molar-refractivity contribution in [1.82, 2.24) is 10.2 Å². The number of rotatable bonds is 3. The topological polar surface area (TPSA) is 32.3 Å². The predicted octanol–water partition coefficient (Wildman–Crippen LogP) is 2.27. The molecule has 3 nitrogen and oxygen atoms in total. The fraction of sp³-hybridized carbons (Fsp3) is 0.562. The molecule has 2 aliphatic heterocycles. The molecule has 1 amide bonds. The van der Waals surface area contributed by atoms with Crippen LogP contribution in [-0.2, 0) is 11.2 Å². The van der Waals surface area contributed by atoms with Crippen molar-refractivity contribution in [3.05, 3.63) is 35.6 Å². The first-order valence-corrected chi connectivity index (χ1v) is 8.72. The van der Waals surface area contributed by atoms with Crippen LogP contribution in [-0.4, -0.2) is 41.6 Å².